The molecule has 1 aliphatic carbocycles. The maximum Gasteiger partial charge on any atom is 0.341 e. The molecule has 1 aliphatic heterocycles. The number of anilines is 1. The van der Waals surface area contributed by atoms with E-state index in [9.17, 15) is 19.1 Å². The van der Waals surface area contributed by atoms with Crippen molar-refractivity contribution in [1.29, 1.82) is 0 Å². The Balaban J connectivity index is 0.00000196. The highest BCUT2D eigenvalue weighted by Crippen LogP contribution is 2.37. The van der Waals surface area contributed by atoms with Crippen LogP contribution in [0.15, 0.2) is 17.1 Å². The fourth-order valence-electron chi connectivity index (χ4n) is 3.40. The third-order valence-electron chi connectivity index (χ3n) is 5.09. The Morgan fingerprint density at radius 1 is 1.38 bits per heavy atom. The van der Waals surface area contributed by atoms with Gasteiger partial charge in [-0.05, 0) is 18.8 Å². The van der Waals surface area contributed by atoms with Gasteiger partial charge in [0.15, 0.2) is 0 Å². The molecule has 3 heterocycles. The third-order valence-corrected chi connectivity index (χ3v) is 5.09. The van der Waals surface area contributed by atoms with Crippen molar-refractivity contribution < 1.29 is 14.3 Å². The van der Waals surface area contributed by atoms with E-state index in [0.29, 0.717) is 18.9 Å². The van der Waals surface area contributed by atoms with Crippen LogP contribution in [0.2, 0.25) is 0 Å². The molecule has 3 N–H and O–H groups in total. The first-order chi connectivity index (χ1) is 11.9. The predicted molar refractivity (Wildman–Crippen MR) is 97.8 cm³/mol. The molecule has 2 fully saturated rings. The minimum absolute atomic E-state index is 0. The van der Waals surface area contributed by atoms with E-state index in [2.05, 4.69) is 4.98 Å². The van der Waals surface area contributed by atoms with Crippen LogP contribution in [-0.4, -0.2) is 39.8 Å². The number of hydrogen-bond donors (Lipinski definition) is 2. The largest absolute Gasteiger partial charge is 0.477 e. The van der Waals surface area contributed by atoms with Crippen molar-refractivity contribution in [2.45, 2.75) is 31.8 Å². The van der Waals surface area contributed by atoms with E-state index in [-0.39, 0.29) is 41.4 Å². The SMILES string of the molecule is CC1CN(c2cc(F)c3c(=O)c(C(=O)O)cn(C4CC4)c3n2)CC1N.Cl. The van der Waals surface area contributed by atoms with Crippen molar-refractivity contribution in [3.05, 3.63) is 33.9 Å². The molecule has 140 valence electrons. The molecule has 4 rings (SSSR count). The molecule has 1 saturated heterocycles. The molecule has 0 radical (unpaired) electrons. The number of aromatic carboxylic acids is 1. The molecule has 2 atom stereocenters. The quantitative estimate of drug-likeness (QED) is 0.839. The van der Waals surface area contributed by atoms with Gasteiger partial charge in [0.2, 0.25) is 5.43 Å². The van der Waals surface area contributed by atoms with Gasteiger partial charge in [-0.15, -0.1) is 12.4 Å². The molecule has 7 nitrogen and oxygen atoms in total. The van der Waals surface area contributed by atoms with E-state index in [0.717, 1.165) is 12.8 Å². The molecule has 1 saturated carbocycles. The van der Waals surface area contributed by atoms with Gasteiger partial charge >= 0.3 is 5.97 Å². The molecule has 2 aliphatic rings. The zero-order chi connectivity index (χ0) is 17.9. The van der Waals surface area contributed by atoms with Crippen molar-refractivity contribution >= 4 is 35.2 Å². The highest BCUT2D eigenvalue weighted by atomic mass is 35.5. The fourth-order valence-corrected chi connectivity index (χ4v) is 3.40. The summed E-state index contributed by atoms with van der Waals surface area (Å²) >= 11 is 0. The summed E-state index contributed by atoms with van der Waals surface area (Å²) in [4.78, 5) is 30.2. The standard InChI is InChI=1S/C17H19FN4O3.ClH/c1-8-5-21(7-12(8)19)13-4-11(18)14-15(23)10(17(24)25)6-22(9-2-3-9)16(14)20-13;/h4,6,8-9,12H,2-3,5,7,19H2,1H3,(H,24,25);1H. The zero-order valence-electron chi connectivity index (χ0n) is 14.2. The molecular formula is C17H20ClFN4O3. The molecular weight excluding hydrogens is 363 g/mol. The Kier molecular flexibility index (Phi) is 4.66. The van der Waals surface area contributed by atoms with Crippen LogP contribution in [0.1, 0.15) is 36.2 Å². The van der Waals surface area contributed by atoms with Crippen LogP contribution in [0, 0.1) is 11.7 Å². The zero-order valence-corrected chi connectivity index (χ0v) is 15.0. The summed E-state index contributed by atoms with van der Waals surface area (Å²) in [5, 5.41) is 8.99. The van der Waals surface area contributed by atoms with E-state index in [4.69, 9.17) is 5.73 Å². The minimum Gasteiger partial charge on any atom is -0.477 e. The summed E-state index contributed by atoms with van der Waals surface area (Å²) in [5.41, 5.74) is 4.99. The lowest BCUT2D eigenvalue weighted by Gasteiger charge is -2.19. The van der Waals surface area contributed by atoms with Gasteiger partial charge in [0.1, 0.15) is 28.2 Å². The average molecular weight is 383 g/mol. The van der Waals surface area contributed by atoms with Crippen molar-refractivity contribution in [3.8, 4) is 0 Å². The number of carboxylic acid groups (broad SMARTS) is 1. The lowest BCUT2D eigenvalue weighted by atomic mass is 10.1. The number of hydrogen-bond acceptors (Lipinski definition) is 5. The maximum absolute atomic E-state index is 14.8. The first-order valence-corrected chi connectivity index (χ1v) is 8.36. The Morgan fingerprint density at radius 2 is 2.08 bits per heavy atom. The Hall–Kier alpha value is -2.19. The monoisotopic (exact) mass is 382 g/mol. The second kappa shape index (κ2) is 6.51. The summed E-state index contributed by atoms with van der Waals surface area (Å²) in [6.07, 6.45) is 3.01. The minimum atomic E-state index is -1.36. The van der Waals surface area contributed by atoms with Crippen molar-refractivity contribution in [1.82, 2.24) is 9.55 Å². The van der Waals surface area contributed by atoms with Gasteiger partial charge in [0, 0.05) is 37.4 Å². The van der Waals surface area contributed by atoms with Crippen LogP contribution in [0.4, 0.5) is 10.2 Å². The van der Waals surface area contributed by atoms with Crippen molar-refractivity contribution in [2.75, 3.05) is 18.0 Å². The van der Waals surface area contributed by atoms with Gasteiger partial charge in [-0.25, -0.2) is 14.2 Å². The highest BCUT2D eigenvalue weighted by molar-refractivity contribution is 5.92. The maximum atomic E-state index is 14.8. The molecule has 0 bridgehead atoms. The van der Waals surface area contributed by atoms with Crippen LogP contribution in [0.3, 0.4) is 0 Å². The predicted octanol–water partition coefficient (Wildman–Crippen LogP) is 1.77. The summed E-state index contributed by atoms with van der Waals surface area (Å²) < 4.78 is 16.4. The topological polar surface area (TPSA) is 101 Å². The smallest absolute Gasteiger partial charge is 0.341 e. The van der Waals surface area contributed by atoms with Crippen LogP contribution < -0.4 is 16.1 Å². The van der Waals surface area contributed by atoms with E-state index in [1.807, 2.05) is 11.8 Å². The first kappa shape index (κ1) is 18.6. The number of carboxylic acids is 1. The second-order valence-corrected chi connectivity index (χ2v) is 7.02. The van der Waals surface area contributed by atoms with Crippen LogP contribution in [-0.2, 0) is 0 Å². The molecule has 26 heavy (non-hydrogen) atoms. The van der Waals surface area contributed by atoms with E-state index in [1.54, 1.807) is 4.57 Å². The number of halogens is 2. The number of pyridine rings is 2. The number of nitrogens with two attached hydrogens (primary N) is 1. The normalized spacial score (nSPS) is 22.5. The molecule has 9 heteroatoms. The fraction of sp³-hybridized carbons (Fsp3) is 0.471. The van der Waals surface area contributed by atoms with Gasteiger partial charge in [-0.2, -0.15) is 0 Å². The number of nitrogens with zero attached hydrogens (tertiary/aromatic N) is 3. The Bertz CT molecular complexity index is 934. The molecule has 2 aromatic heterocycles. The summed E-state index contributed by atoms with van der Waals surface area (Å²) in [5.74, 6) is -1.40. The summed E-state index contributed by atoms with van der Waals surface area (Å²) in [6, 6.07) is 1.25. The number of rotatable bonds is 3. The lowest BCUT2D eigenvalue weighted by molar-refractivity contribution is 0.0695. The van der Waals surface area contributed by atoms with Crippen LogP contribution in [0.5, 0.6) is 0 Å². The van der Waals surface area contributed by atoms with Crippen LogP contribution >= 0.6 is 12.4 Å². The van der Waals surface area contributed by atoms with E-state index in [1.165, 1.54) is 12.3 Å². The number of aromatic nitrogens is 2. The molecule has 2 unspecified atom stereocenters. The average Bonchev–Trinajstić information content (AvgIpc) is 3.33. The van der Waals surface area contributed by atoms with Gasteiger partial charge in [-0.3, -0.25) is 4.79 Å². The molecule has 2 aromatic rings. The number of carbonyl (C=O) groups is 1. The van der Waals surface area contributed by atoms with Gasteiger partial charge in [0.05, 0.1) is 0 Å². The van der Waals surface area contributed by atoms with Gasteiger partial charge in [0.25, 0.3) is 0 Å². The second-order valence-electron chi connectivity index (χ2n) is 7.02. The first-order valence-electron chi connectivity index (χ1n) is 8.36. The van der Waals surface area contributed by atoms with E-state index < -0.39 is 22.8 Å². The van der Waals surface area contributed by atoms with Gasteiger partial charge < -0.3 is 20.3 Å². The Labute approximate surface area is 155 Å². The van der Waals surface area contributed by atoms with Gasteiger partial charge in [-0.1, -0.05) is 6.92 Å². The third kappa shape index (κ3) is 2.93. The molecule has 0 spiro atoms. The highest BCUT2D eigenvalue weighted by Gasteiger charge is 2.31. The van der Waals surface area contributed by atoms with E-state index >= 15 is 0 Å². The summed E-state index contributed by atoms with van der Waals surface area (Å²) in [6.45, 7) is 3.27. The van der Waals surface area contributed by atoms with Crippen molar-refractivity contribution in [3.63, 3.8) is 0 Å². The van der Waals surface area contributed by atoms with Crippen molar-refractivity contribution in [2.24, 2.45) is 11.7 Å². The lowest BCUT2D eigenvalue weighted by Crippen LogP contribution is -2.29. The Morgan fingerprint density at radius 3 is 2.62 bits per heavy atom. The molecule has 0 aromatic carbocycles. The summed E-state index contributed by atoms with van der Waals surface area (Å²) in [7, 11) is 0. The van der Waals surface area contributed by atoms with Crippen LogP contribution in [0.25, 0.3) is 11.0 Å². The number of fused-ring (bicyclic) bond motifs is 1. The molecule has 0 amide bonds.